The number of nitrogens with one attached hydrogen (secondary N) is 1. The van der Waals surface area contributed by atoms with E-state index < -0.39 is 18.2 Å². The van der Waals surface area contributed by atoms with E-state index >= 15 is 0 Å². The predicted molar refractivity (Wildman–Crippen MR) is 93.6 cm³/mol. The van der Waals surface area contributed by atoms with Gasteiger partial charge >= 0.3 is 6.03 Å². The van der Waals surface area contributed by atoms with Gasteiger partial charge in [0.2, 0.25) is 11.8 Å². The van der Waals surface area contributed by atoms with Crippen molar-refractivity contribution in [1.82, 2.24) is 19.5 Å². The van der Waals surface area contributed by atoms with Crippen LogP contribution in [-0.4, -0.2) is 82.1 Å². The van der Waals surface area contributed by atoms with Crippen LogP contribution >= 0.6 is 11.5 Å². The van der Waals surface area contributed by atoms with Crippen molar-refractivity contribution in [2.75, 3.05) is 32.8 Å². The van der Waals surface area contributed by atoms with E-state index in [1.54, 1.807) is 18.4 Å². The lowest BCUT2D eigenvalue weighted by Crippen LogP contribution is -2.51. The van der Waals surface area contributed by atoms with Gasteiger partial charge in [0.1, 0.15) is 6.04 Å². The first-order chi connectivity index (χ1) is 12.4. The molecule has 1 aliphatic heterocycles. The molecule has 2 unspecified atom stereocenters. The summed E-state index contributed by atoms with van der Waals surface area (Å²) >= 11 is 1.22. The Balaban J connectivity index is 1.92. The summed E-state index contributed by atoms with van der Waals surface area (Å²) in [5, 5.41) is 14.3. The second-order valence-electron chi connectivity index (χ2n) is 5.87. The predicted octanol–water partition coefficient (Wildman–Crippen LogP) is -0.999. The molecule has 0 saturated carbocycles. The number of β-amino-alcohol motifs (C(OH)–C–C–N with tert-alkyl or cyclic N) is 1. The van der Waals surface area contributed by atoms with Crippen LogP contribution in [-0.2, 0) is 9.59 Å². The van der Waals surface area contributed by atoms with Crippen molar-refractivity contribution < 1.29 is 24.2 Å². The second-order valence-corrected chi connectivity index (χ2v) is 6.54. The van der Waals surface area contributed by atoms with E-state index in [2.05, 4.69) is 9.69 Å². The molecule has 10 nitrogen and oxygen atoms in total. The van der Waals surface area contributed by atoms with Crippen molar-refractivity contribution in [3.05, 3.63) is 11.4 Å². The molecule has 0 bridgehead atoms. The van der Waals surface area contributed by atoms with Crippen LogP contribution in [0.25, 0.3) is 0 Å². The molecule has 1 fully saturated rings. The lowest BCUT2D eigenvalue weighted by atomic mass is 10.2. The van der Waals surface area contributed by atoms with Crippen LogP contribution in [0.3, 0.4) is 0 Å². The largest absolute Gasteiger partial charge is 0.467 e. The second kappa shape index (κ2) is 9.34. The summed E-state index contributed by atoms with van der Waals surface area (Å²) in [6.45, 7) is 2.24. The number of aliphatic hydroxyl groups excluding tert-OH is 1. The van der Waals surface area contributed by atoms with Gasteiger partial charge < -0.3 is 30.7 Å². The van der Waals surface area contributed by atoms with Gasteiger partial charge in [0.05, 0.1) is 6.10 Å². The Morgan fingerprint density at radius 3 is 2.73 bits per heavy atom. The van der Waals surface area contributed by atoms with Gasteiger partial charge in [0.15, 0.2) is 6.61 Å². The molecule has 0 radical (unpaired) electrons. The van der Waals surface area contributed by atoms with Crippen molar-refractivity contribution >= 4 is 29.4 Å². The first-order valence-corrected chi connectivity index (χ1v) is 9.08. The zero-order valence-electron chi connectivity index (χ0n) is 14.5. The van der Waals surface area contributed by atoms with Gasteiger partial charge in [-0.15, -0.1) is 0 Å². The van der Waals surface area contributed by atoms with Gasteiger partial charge in [-0.05, 0) is 18.0 Å². The Morgan fingerprint density at radius 1 is 1.42 bits per heavy atom. The number of urea groups is 1. The summed E-state index contributed by atoms with van der Waals surface area (Å²) < 4.78 is 9.25. The topological polar surface area (TPSA) is 138 Å². The highest BCUT2D eigenvalue weighted by Gasteiger charge is 2.30. The van der Waals surface area contributed by atoms with Crippen molar-refractivity contribution in [2.45, 2.75) is 25.5 Å². The molecule has 0 spiro atoms. The minimum atomic E-state index is -0.893. The Bertz CT molecular complexity index is 626. The molecule has 4 N–H and O–H groups in total. The lowest BCUT2D eigenvalue weighted by molar-refractivity contribution is -0.135. The van der Waals surface area contributed by atoms with Crippen LogP contribution in [0.15, 0.2) is 11.4 Å². The molecule has 1 aromatic rings. The SMILES string of the molecule is CCC(NC(N)=O)C(=O)N1CCN(C(=O)COc2ccsn2)CC(O)C1. The fraction of sp³-hybridized carbons (Fsp3) is 0.600. The number of nitrogens with two attached hydrogens (primary N) is 1. The Hall–Kier alpha value is -2.40. The van der Waals surface area contributed by atoms with Gasteiger partial charge in [-0.25, -0.2) is 4.79 Å². The number of nitrogens with zero attached hydrogens (tertiary/aromatic N) is 3. The van der Waals surface area contributed by atoms with Crippen LogP contribution in [0.1, 0.15) is 13.3 Å². The molecule has 144 valence electrons. The number of carbonyl (C=O) groups is 3. The minimum Gasteiger partial charge on any atom is -0.467 e. The highest BCUT2D eigenvalue weighted by Crippen LogP contribution is 2.11. The van der Waals surface area contributed by atoms with E-state index in [0.717, 1.165) is 0 Å². The minimum absolute atomic E-state index is 0.0759. The molecule has 1 aromatic heterocycles. The zero-order chi connectivity index (χ0) is 19.1. The van der Waals surface area contributed by atoms with Crippen LogP contribution < -0.4 is 15.8 Å². The maximum Gasteiger partial charge on any atom is 0.312 e. The fourth-order valence-electron chi connectivity index (χ4n) is 2.65. The van der Waals surface area contributed by atoms with Crippen molar-refractivity contribution in [3.8, 4) is 5.88 Å². The van der Waals surface area contributed by atoms with Crippen molar-refractivity contribution in [1.29, 1.82) is 0 Å². The van der Waals surface area contributed by atoms with Crippen LogP contribution in [0, 0.1) is 0 Å². The summed E-state index contributed by atoms with van der Waals surface area (Å²) in [5.74, 6) is -0.258. The Labute approximate surface area is 155 Å². The average Bonchev–Trinajstić information content (AvgIpc) is 3.04. The number of primary amides is 1. The Kier molecular flexibility index (Phi) is 7.16. The molecule has 4 amide bonds. The summed E-state index contributed by atoms with van der Waals surface area (Å²) in [6, 6.07) is 0.123. The van der Waals surface area contributed by atoms with E-state index in [1.807, 2.05) is 0 Å². The van der Waals surface area contributed by atoms with E-state index in [1.165, 1.54) is 21.3 Å². The molecule has 2 heterocycles. The number of aliphatic hydroxyl groups is 1. The third-order valence-electron chi connectivity index (χ3n) is 3.95. The number of amides is 4. The third kappa shape index (κ3) is 5.56. The molecule has 26 heavy (non-hydrogen) atoms. The number of hydrogen-bond acceptors (Lipinski definition) is 7. The van der Waals surface area contributed by atoms with Gasteiger partial charge in [0.25, 0.3) is 5.91 Å². The molecule has 0 aromatic carbocycles. The number of ether oxygens (including phenoxy) is 1. The first-order valence-electron chi connectivity index (χ1n) is 8.24. The molecule has 2 rings (SSSR count). The van der Waals surface area contributed by atoms with Gasteiger partial charge in [0, 0.05) is 37.6 Å². The normalized spacial score (nSPS) is 18.8. The van der Waals surface area contributed by atoms with Crippen molar-refractivity contribution in [3.63, 3.8) is 0 Å². The van der Waals surface area contributed by atoms with E-state index in [-0.39, 0.29) is 44.6 Å². The van der Waals surface area contributed by atoms with Gasteiger partial charge in [-0.2, -0.15) is 4.37 Å². The highest BCUT2D eigenvalue weighted by molar-refractivity contribution is 7.03. The van der Waals surface area contributed by atoms with Crippen LogP contribution in [0.4, 0.5) is 4.79 Å². The maximum absolute atomic E-state index is 12.5. The van der Waals surface area contributed by atoms with E-state index in [4.69, 9.17) is 10.5 Å². The lowest BCUT2D eigenvalue weighted by Gasteiger charge is -2.26. The van der Waals surface area contributed by atoms with Crippen molar-refractivity contribution in [2.24, 2.45) is 5.73 Å². The molecule has 2 atom stereocenters. The molecular weight excluding hydrogens is 362 g/mol. The standard InChI is InChI=1S/C15H23N5O5S/c1-2-11(17-15(16)24)14(23)20-5-4-19(7-10(21)8-20)13(22)9-25-12-3-6-26-18-12/h3,6,10-11,21H,2,4-5,7-9H2,1H3,(H3,16,17,24). The fourth-order valence-corrected chi connectivity index (χ4v) is 3.11. The monoisotopic (exact) mass is 385 g/mol. The average molecular weight is 385 g/mol. The molecule has 1 aliphatic rings. The number of rotatable bonds is 6. The molecule has 1 saturated heterocycles. The smallest absolute Gasteiger partial charge is 0.312 e. The third-order valence-corrected chi connectivity index (χ3v) is 4.49. The molecular formula is C15H23N5O5S. The molecule has 0 aliphatic carbocycles. The van der Waals surface area contributed by atoms with Crippen LogP contribution in [0.5, 0.6) is 5.88 Å². The summed E-state index contributed by atoms with van der Waals surface area (Å²) in [4.78, 5) is 38.7. The van der Waals surface area contributed by atoms with Gasteiger partial charge in [-0.3, -0.25) is 9.59 Å². The zero-order valence-corrected chi connectivity index (χ0v) is 15.3. The quantitative estimate of drug-likeness (QED) is 0.574. The Morgan fingerprint density at radius 2 is 2.12 bits per heavy atom. The van der Waals surface area contributed by atoms with E-state index in [9.17, 15) is 19.5 Å². The molecule has 11 heteroatoms. The number of carbonyl (C=O) groups excluding carboxylic acids is 3. The summed E-state index contributed by atoms with van der Waals surface area (Å²) in [7, 11) is 0. The summed E-state index contributed by atoms with van der Waals surface area (Å²) in [5.41, 5.74) is 5.09. The maximum atomic E-state index is 12.5. The summed E-state index contributed by atoms with van der Waals surface area (Å²) in [6.07, 6.45) is -0.519. The van der Waals surface area contributed by atoms with E-state index in [0.29, 0.717) is 12.3 Å². The van der Waals surface area contributed by atoms with Gasteiger partial charge in [-0.1, -0.05) is 6.92 Å². The number of hydrogen-bond donors (Lipinski definition) is 3. The first kappa shape index (κ1) is 19.9. The number of aromatic nitrogens is 1. The van der Waals surface area contributed by atoms with Crippen LogP contribution in [0.2, 0.25) is 0 Å². The highest BCUT2D eigenvalue weighted by atomic mass is 32.1.